The monoisotopic (exact) mass is 402 g/mol. The third-order valence-electron chi connectivity index (χ3n) is 3.88. The molecule has 28 heavy (non-hydrogen) atoms. The minimum atomic E-state index is -0.458. The molecule has 7 nitrogen and oxygen atoms in total. The molecule has 0 radical (unpaired) electrons. The second-order valence-corrected chi connectivity index (χ2v) is 7.01. The lowest BCUT2D eigenvalue weighted by Crippen LogP contribution is -2.08. The maximum absolute atomic E-state index is 11.4. The Labute approximate surface area is 167 Å². The van der Waals surface area contributed by atoms with Gasteiger partial charge in [-0.05, 0) is 23.8 Å². The van der Waals surface area contributed by atoms with Crippen LogP contribution < -0.4 is 10.5 Å². The zero-order chi connectivity index (χ0) is 19.8. The third-order valence-corrected chi connectivity index (χ3v) is 4.96. The molecule has 0 aliphatic carbocycles. The molecular formula is C20H22N2O5S. The summed E-state index contributed by atoms with van der Waals surface area (Å²) in [6, 6.07) is 9.35. The largest absolute Gasteiger partial charge is 0.455 e. The van der Waals surface area contributed by atoms with Gasteiger partial charge in [-0.3, -0.25) is 9.78 Å². The fraction of sp³-hybridized carbons (Fsp3) is 0.300. The highest BCUT2D eigenvalue weighted by Gasteiger charge is 2.11. The van der Waals surface area contributed by atoms with E-state index in [9.17, 15) is 4.79 Å². The van der Waals surface area contributed by atoms with Crippen LogP contribution in [0.4, 0.5) is 0 Å². The normalized spacial score (nSPS) is 11.0. The first-order valence-corrected chi connectivity index (χ1v) is 9.57. The lowest BCUT2D eigenvalue weighted by molar-refractivity contribution is 0.0199. The number of amides is 1. The molecule has 0 aliphatic rings. The van der Waals surface area contributed by atoms with Gasteiger partial charge in [0.25, 0.3) is 5.91 Å². The summed E-state index contributed by atoms with van der Waals surface area (Å²) in [4.78, 5) is 16.0. The van der Waals surface area contributed by atoms with Crippen LogP contribution in [-0.4, -0.2) is 44.4 Å². The zero-order valence-electron chi connectivity index (χ0n) is 15.6. The van der Waals surface area contributed by atoms with Gasteiger partial charge >= 0.3 is 0 Å². The van der Waals surface area contributed by atoms with Crippen LogP contribution in [-0.2, 0) is 20.8 Å². The molecule has 0 unspecified atom stereocenters. The van der Waals surface area contributed by atoms with Crippen molar-refractivity contribution in [3.63, 3.8) is 0 Å². The van der Waals surface area contributed by atoms with E-state index in [0.29, 0.717) is 49.4 Å². The number of nitrogens with zero attached hydrogens (tertiary/aromatic N) is 1. The molecule has 2 N–H and O–H groups in total. The van der Waals surface area contributed by atoms with Crippen LogP contribution in [0.3, 0.4) is 0 Å². The molecule has 3 rings (SSSR count). The zero-order valence-corrected chi connectivity index (χ0v) is 16.4. The highest BCUT2D eigenvalue weighted by atomic mass is 32.1. The van der Waals surface area contributed by atoms with E-state index in [1.807, 2.05) is 24.3 Å². The van der Waals surface area contributed by atoms with Gasteiger partial charge in [-0.25, -0.2) is 0 Å². The van der Waals surface area contributed by atoms with Gasteiger partial charge in [0.15, 0.2) is 5.75 Å². The summed E-state index contributed by atoms with van der Waals surface area (Å²) in [5, 5.41) is 0.815. The fourth-order valence-corrected chi connectivity index (χ4v) is 3.37. The van der Waals surface area contributed by atoms with Crippen LogP contribution in [0.25, 0.3) is 10.1 Å². The molecule has 0 atom stereocenters. The first-order chi connectivity index (χ1) is 13.7. The quantitative estimate of drug-likeness (QED) is 0.494. The van der Waals surface area contributed by atoms with Crippen LogP contribution in [0.2, 0.25) is 0 Å². The number of hydrogen-bond donors (Lipinski definition) is 1. The number of thiophene rings is 1. The molecule has 2 aromatic heterocycles. The number of nitrogens with two attached hydrogens (primary N) is 1. The molecule has 2 heterocycles. The van der Waals surface area contributed by atoms with Crippen molar-refractivity contribution in [2.75, 3.05) is 33.5 Å². The summed E-state index contributed by atoms with van der Waals surface area (Å²) in [5.41, 5.74) is 6.40. The van der Waals surface area contributed by atoms with E-state index < -0.39 is 5.91 Å². The Balaban J connectivity index is 1.54. The number of primary amides is 1. The highest BCUT2D eigenvalue weighted by molar-refractivity contribution is 7.20. The average molecular weight is 402 g/mol. The van der Waals surface area contributed by atoms with Crippen molar-refractivity contribution in [1.82, 2.24) is 4.98 Å². The Kier molecular flexibility index (Phi) is 7.32. The van der Waals surface area contributed by atoms with E-state index in [1.54, 1.807) is 25.6 Å². The van der Waals surface area contributed by atoms with Crippen LogP contribution >= 0.6 is 11.3 Å². The number of carbonyl (C=O) groups excluding carboxylic acids is 1. The van der Waals surface area contributed by atoms with Gasteiger partial charge in [-0.1, -0.05) is 12.1 Å². The topological polar surface area (TPSA) is 92.9 Å². The van der Waals surface area contributed by atoms with Gasteiger partial charge in [0, 0.05) is 18.7 Å². The maximum Gasteiger partial charge on any atom is 0.258 e. The van der Waals surface area contributed by atoms with Gasteiger partial charge in [0.05, 0.1) is 48.8 Å². The van der Waals surface area contributed by atoms with Crippen LogP contribution in [0.5, 0.6) is 11.5 Å². The SMILES string of the molecule is COCCOCCOCc1ccc(Oc2cncc3sc(C(N)=O)cc23)cc1. The Morgan fingerprint density at radius 1 is 1.07 bits per heavy atom. The summed E-state index contributed by atoms with van der Waals surface area (Å²) in [5.74, 6) is 0.798. The Bertz CT molecular complexity index is 911. The Morgan fingerprint density at radius 2 is 1.82 bits per heavy atom. The lowest BCUT2D eigenvalue weighted by Gasteiger charge is -2.08. The molecule has 0 bridgehead atoms. The van der Waals surface area contributed by atoms with Gasteiger partial charge in [0.1, 0.15) is 5.75 Å². The van der Waals surface area contributed by atoms with Gasteiger partial charge in [-0.2, -0.15) is 0 Å². The van der Waals surface area contributed by atoms with Gasteiger partial charge < -0.3 is 24.7 Å². The van der Waals surface area contributed by atoms with Crippen molar-refractivity contribution in [2.45, 2.75) is 6.61 Å². The average Bonchev–Trinajstić information content (AvgIpc) is 3.14. The molecule has 1 amide bonds. The molecule has 0 spiro atoms. The summed E-state index contributed by atoms with van der Waals surface area (Å²) >= 11 is 1.30. The maximum atomic E-state index is 11.4. The molecule has 0 saturated carbocycles. The molecule has 0 aliphatic heterocycles. The third kappa shape index (κ3) is 5.49. The number of methoxy groups -OCH3 is 1. The molecule has 3 aromatic rings. The Hall–Kier alpha value is -2.52. The van der Waals surface area contributed by atoms with Crippen molar-refractivity contribution < 1.29 is 23.7 Å². The molecule has 0 saturated heterocycles. The first kappa shape index (κ1) is 20.2. The van der Waals surface area contributed by atoms with E-state index in [1.165, 1.54) is 11.3 Å². The van der Waals surface area contributed by atoms with Crippen molar-refractivity contribution in [3.8, 4) is 11.5 Å². The number of rotatable bonds is 11. The summed E-state index contributed by atoms with van der Waals surface area (Å²) in [6.07, 6.45) is 3.32. The molecule has 8 heteroatoms. The van der Waals surface area contributed by atoms with Crippen molar-refractivity contribution in [2.24, 2.45) is 5.73 Å². The number of carbonyl (C=O) groups is 1. The van der Waals surface area contributed by atoms with E-state index in [2.05, 4.69) is 4.98 Å². The number of hydrogen-bond acceptors (Lipinski definition) is 7. The molecular weight excluding hydrogens is 380 g/mol. The van der Waals surface area contributed by atoms with E-state index in [-0.39, 0.29) is 0 Å². The van der Waals surface area contributed by atoms with Crippen molar-refractivity contribution in [1.29, 1.82) is 0 Å². The van der Waals surface area contributed by atoms with Crippen LogP contribution in [0.1, 0.15) is 15.2 Å². The van der Waals surface area contributed by atoms with Gasteiger partial charge in [0.2, 0.25) is 0 Å². The number of fused-ring (bicyclic) bond motifs is 1. The van der Waals surface area contributed by atoms with E-state index in [0.717, 1.165) is 15.6 Å². The summed E-state index contributed by atoms with van der Waals surface area (Å²) in [7, 11) is 1.64. The van der Waals surface area contributed by atoms with Gasteiger partial charge in [-0.15, -0.1) is 11.3 Å². The fourth-order valence-electron chi connectivity index (χ4n) is 2.47. The number of aromatic nitrogens is 1. The molecule has 0 fully saturated rings. The van der Waals surface area contributed by atoms with Crippen LogP contribution in [0.15, 0.2) is 42.7 Å². The summed E-state index contributed by atoms with van der Waals surface area (Å²) < 4.78 is 22.6. The standard InChI is InChI=1S/C20H22N2O5S/c1-24-6-7-25-8-9-26-13-14-2-4-15(5-3-14)27-17-11-22-12-19-16(17)10-18(28-19)20(21)23/h2-5,10-12H,6-9,13H2,1H3,(H2,21,23). The van der Waals surface area contributed by atoms with Crippen molar-refractivity contribution in [3.05, 3.63) is 53.2 Å². The highest BCUT2D eigenvalue weighted by Crippen LogP contribution is 2.34. The second-order valence-electron chi connectivity index (χ2n) is 5.93. The summed E-state index contributed by atoms with van der Waals surface area (Å²) in [6.45, 7) is 2.71. The van der Waals surface area contributed by atoms with Crippen molar-refractivity contribution >= 4 is 27.3 Å². The van der Waals surface area contributed by atoms with E-state index >= 15 is 0 Å². The lowest BCUT2D eigenvalue weighted by atomic mass is 10.2. The second kappa shape index (κ2) is 10.1. The Morgan fingerprint density at radius 3 is 2.57 bits per heavy atom. The minimum Gasteiger partial charge on any atom is -0.455 e. The number of ether oxygens (including phenoxy) is 4. The predicted molar refractivity (Wildman–Crippen MR) is 107 cm³/mol. The number of pyridine rings is 1. The molecule has 1 aromatic carbocycles. The smallest absolute Gasteiger partial charge is 0.258 e. The molecule has 148 valence electrons. The predicted octanol–water partition coefficient (Wildman–Crippen LogP) is 3.37. The van der Waals surface area contributed by atoms with E-state index in [4.69, 9.17) is 24.7 Å². The number of benzene rings is 1. The van der Waals surface area contributed by atoms with Crippen LogP contribution in [0, 0.1) is 0 Å². The first-order valence-electron chi connectivity index (χ1n) is 8.76. The minimum absolute atomic E-state index is 0.458.